The van der Waals surface area contributed by atoms with E-state index in [1.165, 1.54) is 35.6 Å². The van der Waals surface area contributed by atoms with Gasteiger partial charge in [-0.05, 0) is 55.3 Å². The van der Waals surface area contributed by atoms with Gasteiger partial charge in [-0.1, -0.05) is 48.0 Å². The van der Waals surface area contributed by atoms with Crippen LogP contribution in [0.4, 0.5) is 5.13 Å². The number of sulfone groups is 1. The van der Waals surface area contributed by atoms with E-state index in [1.54, 1.807) is 19.2 Å². The molecule has 7 nitrogen and oxygen atoms in total. The maximum Gasteiger partial charge on any atom is 0.251 e. The number of hydrogen-bond donors (Lipinski definition) is 2. The third-order valence-corrected chi connectivity index (χ3v) is 9.53. The van der Waals surface area contributed by atoms with Crippen LogP contribution in [0.5, 0.6) is 0 Å². The highest BCUT2D eigenvalue weighted by atomic mass is 35.5. The number of halogens is 2. The molecule has 0 radical (unpaired) electrons. The SMILES string of the molecule is CC(C)S(=O)(=O)c1cccc(C(=O)NCC(=O)Nc2nc(C3(Cl)C=CC=C(c4cccc(Cl)c4)C3)cs2)c1. The maximum atomic E-state index is 12.5. The summed E-state index contributed by atoms with van der Waals surface area (Å²) in [6.45, 7) is 2.83. The summed E-state index contributed by atoms with van der Waals surface area (Å²) < 4.78 is 24.8. The fourth-order valence-electron chi connectivity index (χ4n) is 3.81. The van der Waals surface area contributed by atoms with Crippen molar-refractivity contribution in [2.24, 2.45) is 0 Å². The van der Waals surface area contributed by atoms with Crippen molar-refractivity contribution in [1.29, 1.82) is 0 Å². The second kappa shape index (κ2) is 11.4. The zero-order valence-electron chi connectivity index (χ0n) is 20.6. The number of thiazole rings is 1. The molecular weight excluding hydrogens is 565 g/mol. The number of amides is 2. The van der Waals surface area contributed by atoms with Gasteiger partial charge in [-0.25, -0.2) is 13.4 Å². The van der Waals surface area contributed by atoms with Crippen molar-refractivity contribution >= 4 is 66.9 Å². The topological polar surface area (TPSA) is 105 Å². The molecule has 0 saturated carbocycles. The van der Waals surface area contributed by atoms with Gasteiger partial charge in [0, 0.05) is 22.4 Å². The van der Waals surface area contributed by atoms with E-state index in [0.717, 1.165) is 11.1 Å². The Hall–Kier alpha value is -2.98. The number of rotatable bonds is 8. The van der Waals surface area contributed by atoms with E-state index in [2.05, 4.69) is 15.6 Å². The Balaban J connectivity index is 1.37. The smallest absolute Gasteiger partial charge is 0.251 e. The van der Waals surface area contributed by atoms with Gasteiger partial charge in [-0.2, -0.15) is 0 Å². The summed E-state index contributed by atoms with van der Waals surface area (Å²) in [6, 6.07) is 13.3. The van der Waals surface area contributed by atoms with Crippen LogP contribution in [-0.4, -0.2) is 37.0 Å². The molecule has 1 aliphatic carbocycles. The van der Waals surface area contributed by atoms with Crippen LogP contribution in [0.3, 0.4) is 0 Å². The molecule has 1 aromatic heterocycles. The van der Waals surface area contributed by atoms with Crippen LogP contribution < -0.4 is 10.6 Å². The Morgan fingerprint density at radius 2 is 1.92 bits per heavy atom. The van der Waals surface area contributed by atoms with E-state index in [-0.39, 0.29) is 17.0 Å². The number of anilines is 1. The third-order valence-electron chi connectivity index (χ3n) is 5.93. The molecule has 0 aliphatic heterocycles. The highest BCUT2D eigenvalue weighted by Crippen LogP contribution is 2.43. The lowest BCUT2D eigenvalue weighted by Crippen LogP contribution is -2.33. The molecule has 1 heterocycles. The highest BCUT2D eigenvalue weighted by Gasteiger charge is 2.33. The van der Waals surface area contributed by atoms with Crippen molar-refractivity contribution < 1.29 is 18.0 Å². The molecule has 2 aromatic carbocycles. The zero-order valence-corrected chi connectivity index (χ0v) is 23.7. The molecule has 2 N–H and O–H groups in total. The molecule has 38 heavy (non-hydrogen) atoms. The molecule has 1 atom stereocenters. The van der Waals surface area contributed by atoms with Crippen molar-refractivity contribution in [2.45, 2.75) is 35.3 Å². The molecule has 2 amide bonds. The summed E-state index contributed by atoms with van der Waals surface area (Å²) in [7, 11) is -3.53. The number of aromatic nitrogens is 1. The minimum absolute atomic E-state index is 0.0556. The third kappa shape index (κ3) is 6.35. The second-order valence-corrected chi connectivity index (χ2v) is 13.5. The monoisotopic (exact) mass is 589 g/mol. The quantitative estimate of drug-likeness (QED) is 0.322. The second-order valence-electron chi connectivity index (χ2n) is 8.99. The van der Waals surface area contributed by atoms with Gasteiger partial charge in [0.1, 0.15) is 4.87 Å². The minimum Gasteiger partial charge on any atom is -0.343 e. The van der Waals surface area contributed by atoms with Crippen LogP contribution in [0, 0.1) is 0 Å². The lowest BCUT2D eigenvalue weighted by Gasteiger charge is -2.26. The van der Waals surface area contributed by atoms with Crippen LogP contribution in [0.25, 0.3) is 5.57 Å². The van der Waals surface area contributed by atoms with Gasteiger partial charge in [-0.3, -0.25) is 9.59 Å². The van der Waals surface area contributed by atoms with Crippen molar-refractivity contribution in [3.8, 4) is 0 Å². The number of hydrogen-bond acceptors (Lipinski definition) is 6. The fraction of sp³-hybridized carbons (Fsp3) is 0.222. The molecule has 1 aliphatic rings. The first-order valence-electron chi connectivity index (χ1n) is 11.7. The average Bonchev–Trinajstić information content (AvgIpc) is 3.36. The van der Waals surface area contributed by atoms with E-state index in [0.29, 0.717) is 22.3 Å². The first kappa shape index (κ1) is 28.0. The van der Waals surface area contributed by atoms with Crippen LogP contribution in [0.2, 0.25) is 5.02 Å². The van der Waals surface area contributed by atoms with Crippen LogP contribution in [-0.2, 0) is 19.5 Å². The Morgan fingerprint density at radius 3 is 2.66 bits per heavy atom. The standard InChI is InChI=1S/C27H25Cl2N3O4S2/c1-17(2)38(35,36)22-10-4-7-19(13-22)25(34)30-15-24(33)32-26-31-23(16-37-26)27(29)11-5-8-20(14-27)18-6-3-9-21(28)12-18/h3-13,16-17H,14-15H2,1-2H3,(H,30,34)(H,31,32,33). The highest BCUT2D eigenvalue weighted by molar-refractivity contribution is 7.92. The summed E-state index contributed by atoms with van der Waals surface area (Å²) in [5.41, 5.74) is 2.72. The lowest BCUT2D eigenvalue weighted by atomic mass is 9.87. The van der Waals surface area contributed by atoms with Gasteiger partial charge < -0.3 is 10.6 Å². The summed E-state index contributed by atoms with van der Waals surface area (Å²) in [5, 5.41) is 7.32. The average molecular weight is 591 g/mol. The number of benzene rings is 2. The van der Waals surface area contributed by atoms with Gasteiger partial charge in [0.2, 0.25) is 5.91 Å². The Kier molecular flexibility index (Phi) is 8.42. The normalized spacial score (nSPS) is 17.2. The van der Waals surface area contributed by atoms with Crippen LogP contribution >= 0.6 is 34.5 Å². The van der Waals surface area contributed by atoms with Crippen molar-refractivity contribution in [2.75, 3.05) is 11.9 Å². The number of carbonyl (C=O) groups excluding carboxylic acids is 2. The number of carbonyl (C=O) groups is 2. The van der Waals surface area contributed by atoms with Gasteiger partial charge >= 0.3 is 0 Å². The Bertz CT molecular complexity index is 1550. The Morgan fingerprint density at radius 1 is 1.16 bits per heavy atom. The summed E-state index contributed by atoms with van der Waals surface area (Å²) in [4.78, 5) is 28.7. The van der Waals surface area contributed by atoms with Crippen molar-refractivity contribution in [3.63, 3.8) is 0 Å². The molecule has 0 fully saturated rings. The molecule has 0 bridgehead atoms. The van der Waals surface area contributed by atoms with E-state index in [4.69, 9.17) is 23.2 Å². The van der Waals surface area contributed by atoms with E-state index >= 15 is 0 Å². The predicted molar refractivity (Wildman–Crippen MR) is 153 cm³/mol. The van der Waals surface area contributed by atoms with Crippen molar-refractivity contribution in [3.05, 3.63) is 94.0 Å². The van der Waals surface area contributed by atoms with Crippen LogP contribution in [0.15, 0.2) is 77.0 Å². The largest absolute Gasteiger partial charge is 0.343 e. The first-order chi connectivity index (χ1) is 18.0. The van der Waals surface area contributed by atoms with Gasteiger partial charge in [-0.15, -0.1) is 22.9 Å². The lowest BCUT2D eigenvalue weighted by molar-refractivity contribution is -0.115. The molecule has 0 spiro atoms. The molecular formula is C27H25Cl2N3O4S2. The van der Waals surface area contributed by atoms with E-state index in [9.17, 15) is 18.0 Å². The number of alkyl halides is 1. The van der Waals surface area contributed by atoms with Crippen LogP contribution in [0.1, 0.15) is 41.9 Å². The molecule has 198 valence electrons. The first-order valence-corrected chi connectivity index (χ1v) is 14.9. The van der Waals surface area contributed by atoms with Gasteiger partial charge in [0.15, 0.2) is 15.0 Å². The number of allylic oxidation sites excluding steroid dienone is 4. The maximum absolute atomic E-state index is 12.5. The minimum atomic E-state index is -3.53. The van der Waals surface area contributed by atoms with Gasteiger partial charge in [0.05, 0.1) is 22.4 Å². The Labute approximate surface area is 235 Å². The van der Waals surface area contributed by atoms with E-state index in [1.807, 2.05) is 42.5 Å². The summed E-state index contributed by atoms with van der Waals surface area (Å²) >= 11 is 14.3. The van der Waals surface area contributed by atoms with Gasteiger partial charge in [0.25, 0.3) is 5.91 Å². The predicted octanol–water partition coefficient (Wildman–Crippen LogP) is 5.82. The molecule has 0 saturated heterocycles. The molecule has 4 rings (SSSR count). The summed E-state index contributed by atoms with van der Waals surface area (Å²) in [6.07, 6.45) is 6.21. The number of nitrogens with one attached hydrogen (secondary N) is 2. The zero-order chi connectivity index (χ0) is 27.5. The number of nitrogens with zero attached hydrogens (tertiary/aromatic N) is 1. The molecule has 3 aromatic rings. The molecule has 1 unspecified atom stereocenters. The molecule has 11 heteroatoms. The fourth-order valence-corrected chi connectivity index (χ4v) is 6.29. The summed E-state index contributed by atoms with van der Waals surface area (Å²) in [5.74, 6) is -1.04. The van der Waals surface area contributed by atoms with Crippen molar-refractivity contribution in [1.82, 2.24) is 10.3 Å². The van der Waals surface area contributed by atoms with E-state index < -0.39 is 31.8 Å².